The quantitative estimate of drug-likeness (QED) is 0.302. The Balaban J connectivity index is 1.89. The van der Waals surface area contributed by atoms with Crippen LogP contribution >= 0.6 is 38.9 Å². The molecule has 29 heavy (non-hydrogen) atoms. The number of sulfone groups is 1. The maximum Gasteiger partial charge on any atom is 0.175 e. The molecule has 0 amide bonds. The van der Waals surface area contributed by atoms with Gasteiger partial charge in [0.05, 0.1) is 20.5 Å². The van der Waals surface area contributed by atoms with Crippen molar-refractivity contribution in [1.29, 1.82) is 0 Å². The summed E-state index contributed by atoms with van der Waals surface area (Å²) >= 11 is 11.4. The van der Waals surface area contributed by atoms with Crippen LogP contribution in [0.4, 0.5) is 0 Å². The van der Waals surface area contributed by atoms with Crippen molar-refractivity contribution in [3.63, 3.8) is 0 Å². The highest BCUT2D eigenvalue weighted by atomic mass is 79.9. The van der Waals surface area contributed by atoms with Crippen LogP contribution in [0.15, 0.2) is 82.2 Å². The zero-order chi connectivity index (χ0) is 20.6. The summed E-state index contributed by atoms with van der Waals surface area (Å²) in [7, 11) is -3.25. The first-order valence-corrected chi connectivity index (χ1v) is 12.5. The highest BCUT2D eigenvalue weighted by Crippen LogP contribution is 2.42. The summed E-state index contributed by atoms with van der Waals surface area (Å²) < 4.78 is 24.6. The summed E-state index contributed by atoms with van der Waals surface area (Å²) in [6.07, 6.45) is 1.21. The lowest BCUT2D eigenvalue weighted by Crippen LogP contribution is -1.96. The minimum absolute atomic E-state index is 0.294. The molecule has 0 saturated carbocycles. The monoisotopic (exact) mass is 503 g/mol. The van der Waals surface area contributed by atoms with Crippen LogP contribution in [0, 0.1) is 0 Å². The van der Waals surface area contributed by atoms with Gasteiger partial charge in [0.2, 0.25) is 0 Å². The molecule has 0 aliphatic heterocycles. The molecular formula is C22H15BrClNO2S2. The molecule has 0 spiro atoms. The third-order valence-electron chi connectivity index (χ3n) is 4.39. The Morgan fingerprint density at radius 1 is 0.897 bits per heavy atom. The number of halogens is 2. The molecule has 7 heteroatoms. The molecule has 0 radical (unpaired) electrons. The fourth-order valence-electron chi connectivity index (χ4n) is 2.92. The Hall–Kier alpha value is -1.99. The first-order chi connectivity index (χ1) is 13.8. The van der Waals surface area contributed by atoms with Gasteiger partial charge in [0.1, 0.15) is 5.01 Å². The van der Waals surface area contributed by atoms with Crippen LogP contribution in [0.2, 0.25) is 5.02 Å². The minimum atomic E-state index is -3.25. The maximum atomic E-state index is 11.8. The molecule has 0 aliphatic carbocycles. The number of benzene rings is 3. The molecule has 0 unspecified atom stereocenters. The van der Waals surface area contributed by atoms with E-state index < -0.39 is 9.84 Å². The summed E-state index contributed by atoms with van der Waals surface area (Å²) in [6, 6.07) is 22.5. The van der Waals surface area contributed by atoms with E-state index in [-0.39, 0.29) is 0 Å². The van der Waals surface area contributed by atoms with Gasteiger partial charge in [-0.1, -0.05) is 70.0 Å². The Kier molecular flexibility index (Phi) is 5.62. The van der Waals surface area contributed by atoms with Crippen molar-refractivity contribution in [2.45, 2.75) is 4.90 Å². The van der Waals surface area contributed by atoms with Gasteiger partial charge in [-0.3, -0.25) is 0 Å². The molecule has 0 atom stereocenters. The molecule has 0 fully saturated rings. The van der Waals surface area contributed by atoms with Crippen LogP contribution in [0.25, 0.3) is 32.3 Å². The van der Waals surface area contributed by atoms with Crippen LogP contribution in [0.1, 0.15) is 0 Å². The lowest BCUT2D eigenvalue weighted by atomic mass is 10.1. The van der Waals surface area contributed by atoms with E-state index in [0.29, 0.717) is 9.92 Å². The number of aromatic nitrogens is 1. The third-order valence-corrected chi connectivity index (χ3v) is 7.52. The highest BCUT2D eigenvalue weighted by molar-refractivity contribution is 9.10. The van der Waals surface area contributed by atoms with Crippen LogP contribution < -0.4 is 0 Å². The van der Waals surface area contributed by atoms with E-state index in [1.165, 1.54) is 17.6 Å². The van der Waals surface area contributed by atoms with Gasteiger partial charge in [-0.2, -0.15) is 0 Å². The van der Waals surface area contributed by atoms with Gasteiger partial charge < -0.3 is 0 Å². The normalized spacial score (nSPS) is 11.6. The van der Waals surface area contributed by atoms with Crippen LogP contribution in [0.5, 0.6) is 0 Å². The van der Waals surface area contributed by atoms with E-state index in [2.05, 4.69) is 15.9 Å². The standard InChI is InChI=1S/C22H15BrClNO2S2/c1-29(26,27)17-12-8-15(9-13-17)21-20(14-6-10-16(23)11-7-14)25-22(28-21)18-4-2-3-5-19(18)24/h2-13H,1H3. The molecule has 1 heterocycles. The van der Waals surface area contributed by atoms with Crippen molar-refractivity contribution in [2.75, 3.05) is 6.26 Å². The fourth-order valence-corrected chi connectivity index (χ4v) is 5.23. The maximum absolute atomic E-state index is 11.8. The van der Waals surface area contributed by atoms with Gasteiger partial charge in [-0.15, -0.1) is 11.3 Å². The summed E-state index contributed by atoms with van der Waals surface area (Å²) in [6.45, 7) is 0. The van der Waals surface area contributed by atoms with Crippen molar-refractivity contribution in [2.24, 2.45) is 0 Å². The summed E-state index contributed by atoms with van der Waals surface area (Å²) in [5.41, 5.74) is 3.59. The van der Waals surface area contributed by atoms with Gasteiger partial charge >= 0.3 is 0 Å². The Labute approximate surface area is 187 Å². The van der Waals surface area contributed by atoms with E-state index in [1.807, 2.05) is 60.7 Å². The number of hydrogen-bond donors (Lipinski definition) is 0. The van der Waals surface area contributed by atoms with Crippen molar-refractivity contribution >= 4 is 48.7 Å². The first-order valence-electron chi connectivity index (χ1n) is 8.65. The molecule has 1 aromatic heterocycles. The average Bonchev–Trinajstić information content (AvgIpc) is 3.13. The van der Waals surface area contributed by atoms with Crippen LogP contribution in [-0.2, 0) is 9.84 Å². The Morgan fingerprint density at radius 3 is 2.14 bits per heavy atom. The molecule has 4 rings (SSSR count). The van der Waals surface area contributed by atoms with Gasteiger partial charge in [-0.05, 0) is 35.9 Å². The van der Waals surface area contributed by atoms with E-state index in [1.54, 1.807) is 12.1 Å². The van der Waals surface area contributed by atoms with Gasteiger partial charge in [0.15, 0.2) is 9.84 Å². The largest absolute Gasteiger partial charge is 0.235 e. The second-order valence-corrected chi connectivity index (χ2v) is 10.8. The predicted octanol–water partition coefficient (Wildman–Crippen LogP) is 6.96. The van der Waals surface area contributed by atoms with Crippen molar-refractivity contribution < 1.29 is 8.42 Å². The smallest absolute Gasteiger partial charge is 0.175 e. The summed E-state index contributed by atoms with van der Waals surface area (Å²) in [5.74, 6) is 0. The minimum Gasteiger partial charge on any atom is -0.235 e. The average molecular weight is 505 g/mol. The second-order valence-electron chi connectivity index (χ2n) is 6.48. The van der Waals surface area contributed by atoms with Crippen molar-refractivity contribution in [3.05, 3.63) is 82.3 Å². The molecule has 3 aromatic carbocycles. The SMILES string of the molecule is CS(=O)(=O)c1ccc(-c2sc(-c3ccccc3Cl)nc2-c2ccc(Br)cc2)cc1. The second kappa shape index (κ2) is 8.03. The Bertz CT molecular complexity index is 1280. The molecular weight excluding hydrogens is 490 g/mol. The lowest BCUT2D eigenvalue weighted by molar-refractivity contribution is 0.602. The number of thiazole rings is 1. The zero-order valence-electron chi connectivity index (χ0n) is 15.3. The van der Waals surface area contributed by atoms with Crippen LogP contribution in [0.3, 0.4) is 0 Å². The molecule has 0 N–H and O–H groups in total. The van der Waals surface area contributed by atoms with Crippen molar-refractivity contribution in [1.82, 2.24) is 4.98 Å². The molecule has 0 saturated heterocycles. The van der Waals surface area contributed by atoms with E-state index in [0.717, 1.165) is 36.7 Å². The van der Waals surface area contributed by atoms with Crippen molar-refractivity contribution in [3.8, 4) is 32.3 Å². The summed E-state index contributed by atoms with van der Waals surface area (Å²) in [5, 5.41) is 1.46. The van der Waals surface area contributed by atoms with E-state index in [4.69, 9.17) is 16.6 Å². The number of hydrogen-bond acceptors (Lipinski definition) is 4. The van der Waals surface area contributed by atoms with E-state index >= 15 is 0 Å². The molecule has 146 valence electrons. The fraction of sp³-hybridized carbons (Fsp3) is 0.0455. The van der Waals surface area contributed by atoms with Gasteiger partial charge in [-0.25, -0.2) is 13.4 Å². The number of nitrogens with zero attached hydrogens (tertiary/aromatic N) is 1. The van der Waals surface area contributed by atoms with Gasteiger partial charge in [0, 0.05) is 21.9 Å². The zero-order valence-corrected chi connectivity index (χ0v) is 19.2. The van der Waals surface area contributed by atoms with Gasteiger partial charge in [0.25, 0.3) is 0 Å². The molecule has 3 nitrogen and oxygen atoms in total. The third kappa shape index (κ3) is 4.31. The van der Waals surface area contributed by atoms with Crippen LogP contribution in [-0.4, -0.2) is 19.7 Å². The summed E-state index contributed by atoms with van der Waals surface area (Å²) in [4.78, 5) is 6.14. The number of rotatable bonds is 4. The molecule has 0 bridgehead atoms. The van der Waals surface area contributed by atoms with E-state index in [9.17, 15) is 8.42 Å². The molecule has 0 aliphatic rings. The highest BCUT2D eigenvalue weighted by Gasteiger charge is 2.18. The first kappa shape index (κ1) is 20.3. The molecule has 4 aromatic rings. The lowest BCUT2D eigenvalue weighted by Gasteiger charge is -2.04. The topological polar surface area (TPSA) is 47.0 Å². The Morgan fingerprint density at radius 2 is 1.52 bits per heavy atom. The predicted molar refractivity (Wildman–Crippen MR) is 124 cm³/mol.